The van der Waals surface area contributed by atoms with Gasteiger partial charge in [-0.2, -0.15) is 9.90 Å². The molecule has 0 amide bonds. The SMILES string of the molecule is O=C(c1ccccc1)c1ccccc1O.P. The lowest BCUT2D eigenvalue weighted by molar-refractivity contribution is 0.103. The Labute approximate surface area is 97.6 Å². The van der Waals surface area contributed by atoms with Crippen LogP contribution >= 0.6 is 9.90 Å². The molecule has 0 heterocycles. The van der Waals surface area contributed by atoms with Crippen molar-refractivity contribution < 1.29 is 9.90 Å². The Balaban J connectivity index is 0.00000128. The van der Waals surface area contributed by atoms with E-state index in [2.05, 4.69) is 0 Å². The Morgan fingerprint density at radius 3 is 2.06 bits per heavy atom. The van der Waals surface area contributed by atoms with Crippen LogP contribution in [0.1, 0.15) is 15.9 Å². The smallest absolute Gasteiger partial charge is 0.196 e. The van der Waals surface area contributed by atoms with Crippen LogP contribution in [0, 0.1) is 0 Å². The molecule has 0 aliphatic rings. The van der Waals surface area contributed by atoms with Crippen LogP contribution in [0.3, 0.4) is 0 Å². The molecular formula is C13H13O2P. The van der Waals surface area contributed by atoms with Gasteiger partial charge in [0.15, 0.2) is 5.78 Å². The van der Waals surface area contributed by atoms with E-state index in [1.54, 1.807) is 42.5 Å². The normalized spacial score (nSPS) is 9.25. The molecule has 2 rings (SSSR count). The largest absolute Gasteiger partial charge is 0.507 e. The first-order valence-electron chi connectivity index (χ1n) is 4.67. The van der Waals surface area contributed by atoms with Crippen molar-refractivity contribution in [3.63, 3.8) is 0 Å². The third-order valence-corrected chi connectivity index (χ3v) is 2.18. The molecule has 0 aliphatic carbocycles. The van der Waals surface area contributed by atoms with Crippen molar-refractivity contribution in [2.45, 2.75) is 0 Å². The summed E-state index contributed by atoms with van der Waals surface area (Å²) in [7, 11) is 0. The van der Waals surface area contributed by atoms with Gasteiger partial charge in [0.2, 0.25) is 0 Å². The number of rotatable bonds is 2. The third kappa shape index (κ3) is 2.47. The number of hydrogen-bond acceptors (Lipinski definition) is 2. The first kappa shape index (κ1) is 12.4. The van der Waals surface area contributed by atoms with Crippen LogP contribution < -0.4 is 0 Å². The quantitative estimate of drug-likeness (QED) is 0.638. The van der Waals surface area contributed by atoms with Gasteiger partial charge < -0.3 is 5.11 Å². The highest BCUT2D eigenvalue weighted by Gasteiger charge is 2.11. The second-order valence-electron chi connectivity index (χ2n) is 3.21. The molecular weight excluding hydrogens is 219 g/mol. The van der Waals surface area contributed by atoms with Crippen LogP contribution in [-0.4, -0.2) is 10.9 Å². The predicted octanol–water partition coefficient (Wildman–Crippen LogP) is 2.68. The minimum atomic E-state index is -0.159. The fourth-order valence-corrected chi connectivity index (χ4v) is 1.41. The summed E-state index contributed by atoms with van der Waals surface area (Å²) in [4.78, 5) is 11.9. The van der Waals surface area contributed by atoms with Crippen molar-refractivity contribution >= 4 is 15.7 Å². The summed E-state index contributed by atoms with van der Waals surface area (Å²) in [6, 6.07) is 15.5. The van der Waals surface area contributed by atoms with Crippen LogP contribution in [0.2, 0.25) is 0 Å². The molecule has 0 radical (unpaired) electrons. The van der Waals surface area contributed by atoms with Crippen molar-refractivity contribution in [3.05, 3.63) is 65.7 Å². The van der Waals surface area contributed by atoms with Crippen LogP contribution in [-0.2, 0) is 0 Å². The maximum atomic E-state index is 11.9. The molecule has 2 aromatic carbocycles. The standard InChI is InChI=1S/C13H10O2.H3P/c14-12-9-5-4-8-11(12)13(15)10-6-2-1-3-7-10;/h1-9,14H;1H3. The maximum absolute atomic E-state index is 11.9. The molecule has 2 nitrogen and oxygen atoms in total. The molecule has 0 fully saturated rings. The molecule has 0 bridgehead atoms. The van der Waals surface area contributed by atoms with Gasteiger partial charge in [-0.05, 0) is 12.1 Å². The Hall–Kier alpha value is -1.66. The van der Waals surface area contributed by atoms with Crippen LogP contribution in [0.5, 0.6) is 5.75 Å². The summed E-state index contributed by atoms with van der Waals surface area (Å²) in [6.07, 6.45) is 0. The fourth-order valence-electron chi connectivity index (χ4n) is 1.41. The minimum Gasteiger partial charge on any atom is -0.507 e. The zero-order chi connectivity index (χ0) is 10.7. The molecule has 0 aromatic heterocycles. The van der Waals surface area contributed by atoms with Gasteiger partial charge >= 0.3 is 0 Å². The first-order chi connectivity index (χ1) is 7.29. The van der Waals surface area contributed by atoms with Gasteiger partial charge in [-0.3, -0.25) is 4.79 Å². The summed E-state index contributed by atoms with van der Waals surface area (Å²) < 4.78 is 0. The Morgan fingerprint density at radius 1 is 0.875 bits per heavy atom. The topological polar surface area (TPSA) is 37.3 Å². The van der Waals surface area contributed by atoms with Crippen LogP contribution in [0.25, 0.3) is 0 Å². The number of hydrogen-bond donors (Lipinski definition) is 1. The number of para-hydroxylation sites is 1. The number of carbonyl (C=O) groups excluding carboxylic acids is 1. The van der Waals surface area contributed by atoms with Crippen molar-refractivity contribution in [3.8, 4) is 5.75 Å². The molecule has 16 heavy (non-hydrogen) atoms. The van der Waals surface area contributed by atoms with Gasteiger partial charge in [-0.15, -0.1) is 0 Å². The van der Waals surface area contributed by atoms with E-state index >= 15 is 0 Å². The molecule has 2 aromatic rings. The van der Waals surface area contributed by atoms with Crippen molar-refractivity contribution in [1.29, 1.82) is 0 Å². The van der Waals surface area contributed by atoms with E-state index in [0.717, 1.165) is 0 Å². The summed E-state index contributed by atoms with van der Waals surface area (Å²) >= 11 is 0. The Bertz CT molecular complexity index is 480. The summed E-state index contributed by atoms with van der Waals surface area (Å²) in [5.74, 6) is -0.139. The van der Waals surface area contributed by atoms with E-state index in [9.17, 15) is 9.90 Å². The molecule has 0 saturated heterocycles. The predicted molar refractivity (Wildman–Crippen MR) is 69.1 cm³/mol. The molecule has 3 heteroatoms. The van der Waals surface area contributed by atoms with Gasteiger partial charge in [0.05, 0.1) is 5.56 Å². The van der Waals surface area contributed by atoms with E-state index in [1.807, 2.05) is 6.07 Å². The van der Waals surface area contributed by atoms with E-state index in [0.29, 0.717) is 11.1 Å². The average Bonchev–Trinajstić information content (AvgIpc) is 2.30. The fraction of sp³-hybridized carbons (Fsp3) is 0. The van der Waals surface area contributed by atoms with Crippen LogP contribution in [0.15, 0.2) is 54.6 Å². The molecule has 1 unspecified atom stereocenters. The molecule has 0 spiro atoms. The Kier molecular flexibility index (Phi) is 4.21. The monoisotopic (exact) mass is 232 g/mol. The van der Waals surface area contributed by atoms with Crippen molar-refractivity contribution in [2.24, 2.45) is 0 Å². The van der Waals surface area contributed by atoms with E-state index in [4.69, 9.17) is 0 Å². The molecule has 0 saturated carbocycles. The van der Waals surface area contributed by atoms with Gasteiger partial charge in [-0.1, -0.05) is 42.5 Å². The summed E-state index contributed by atoms with van der Waals surface area (Å²) in [5, 5.41) is 9.52. The number of benzene rings is 2. The second-order valence-corrected chi connectivity index (χ2v) is 3.21. The second kappa shape index (κ2) is 5.43. The molecule has 0 aliphatic heterocycles. The highest BCUT2D eigenvalue weighted by atomic mass is 31.0. The van der Waals surface area contributed by atoms with E-state index < -0.39 is 0 Å². The number of phenolic OH excluding ortho intramolecular Hbond substituents is 1. The molecule has 1 atom stereocenters. The summed E-state index contributed by atoms with van der Waals surface area (Å²) in [6.45, 7) is 0. The molecule has 82 valence electrons. The number of phenols is 1. The average molecular weight is 232 g/mol. The molecule has 1 N–H and O–H groups in total. The maximum Gasteiger partial charge on any atom is 0.196 e. The third-order valence-electron chi connectivity index (χ3n) is 2.18. The van der Waals surface area contributed by atoms with Gasteiger partial charge in [0.1, 0.15) is 5.75 Å². The van der Waals surface area contributed by atoms with Gasteiger partial charge in [0, 0.05) is 5.56 Å². The lowest BCUT2D eigenvalue weighted by atomic mass is 10.0. The zero-order valence-electron chi connectivity index (χ0n) is 8.76. The highest BCUT2D eigenvalue weighted by molar-refractivity contribution is 6.92. The van der Waals surface area contributed by atoms with Crippen molar-refractivity contribution in [1.82, 2.24) is 0 Å². The lowest BCUT2D eigenvalue weighted by Gasteiger charge is -2.02. The van der Waals surface area contributed by atoms with E-state index in [-0.39, 0.29) is 21.4 Å². The summed E-state index contributed by atoms with van der Waals surface area (Å²) in [5.41, 5.74) is 0.919. The lowest BCUT2D eigenvalue weighted by Crippen LogP contribution is -2.00. The Morgan fingerprint density at radius 2 is 1.44 bits per heavy atom. The van der Waals surface area contributed by atoms with E-state index in [1.165, 1.54) is 6.07 Å². The zero-order valence-corrected chi connectivity index (χ0v) is 10.2. The minimum absolute atomic E-state index is 0. The van der Waals surface area contributed by atoms with Crippen LogP contribution in [0.4, 0.5) is 0 Å². The highest BCUT2D eigenvalue weighted by Crippen LogP contribution is 2.19. The van der Waals surface area contributed by atoms with Crippen molar-refractivity contribution in [2.75, 3.05) is 0 Å². The number of carbonyl (C=O) groups is 1. The van der Waals surface area contributed by atoms with Gasteiger partial charge in [-0.25, -0.2) is 0 Å². The van der Waals surface area contributed by atoms with Gasteiger partial charge in [0.25, 0.3) is 0 Å². The number of ketones is 1. The number of aromatic hydroxyl groups is 1. The first-order valence-corrected chi connectivity index (χ1v) is 4.67.